The highest BCUT2D eigenvalue weighted by atomic mass is 32.2. The first kappa shape index (κ1) is 15.5. The Kier molecular flexibility index (Phi) is 5.23. The van der Waals surface area contributed by atoms with Crippen molar-refractivity contribution in [3.05, 3.63) is 18.0 Å². The molecule has 1 aromatic heterocycles. The summed E-state index contributed by atoms with van der Waals surface area (Å²) in [5.41, 5.74) is 0.667. The average molecular weight is 300 g/mol. The zero-order valence-corrected chi connectivity index (χ0v) is 12.9. The van der Waals surface area contributed by atoms with Crippen molar-refractivity contribution in [3.8, 4) is 0 Å². The number of aliphatic hydroxyl groups excluding tert-OH is 1. The fourth-order valence-electron chi connectivity index (χ4n) is 2.68. The molecule has 0 aliphatic carbocycles. The van der Waals surface area contributed by atoms with E-state index in [1.165, 1.54) is 0 Å². The number of aliphatic hydroxyl groups is 1. The molecule has 1 saturated heterocycles. The Hall–Kier alpha value is -0.850. The van der Waals surface area contributed by atoms with Gasteiger partial charge in [-0.25, -0.2) is 8.42 Å². The van der Waals surface area contributed by atoms with E-state index in [-0.39, 0.29) is 6.61 Å². The van der Waals surface area contributed by atoms with Crippen LogP contribution in [0.2, 0.25) is 0 Å². The lowest BCUT2D eigenvalue weighted by Gasteiger charge is -2.18. The van der Waals surface area contributed by atoms with Crippen molar-refractivity contribution in [1.29, 1.82) is 0 Å². The summed E-state index contributed by atoms with van der Waals surface area (Å²) in [6.45, 7) is 3.84. The summed E-state index contributed by atoms with van der Waals surface area (Å²) in [6.07, 6.45) is 6.64. The van der Waals surface area contributed by atoms with E-state index in [1.807, 2.05) is 11.5 Å². The summed E-state index contributed by atoms with van der Waals surface area (Å²) < 4.78 is 28.7. The third kappa shape index (κ3) is 3.24. The average Bonchev–Trinajstić information content (AvgIpc) is 2.66. The Labute approximate surface area is 121 Å². The van der Waals surface area contributed by atoms with Crippen molar-refractivity contribution in [3.63, 3.8) is 0 Å². The van der Waals surface area contributed by atoms with E-state index < -0.39 is 10.0 Å². The van der Waals surface area contributed by atoms with Crippen LogP contribution in [0.3, 0.4) is 0 Å². The molecule has 0 aromatic carbocycles. The first-order valence-corrected chi connectivity index (χ1v) is 8.83. The van der Waals surface area contributed by atoms with Gasteiger partial charge in [0.15, 0.2) is 0 Å². The largest absolute Gasteiger partial charge is 0.390 e. The van der Waals surface area contributed by atoms with Gasteiger partial charge in [0.2, 0.25) is 10.0 Å². The fraction of sp³-hybridized carbons (Fsp3) is 0.714. The van der Waals surface area contributed by atoms with Gasteiger partial charge in [0.25, 0.3) is 0 Å². The maximum Gasteiger partial charge on any atom is 0.244 e. The third-order valence-electron chi connectivity index (χ3n) is 3.79. The minimum Gasteiger partial charge on any atom is -0.390 e. The highest BCUT2D eigenvalue weighted by Crippen LogP contribution is 2.22. The molecule has 2 heterocycles. The highest BCUT2D eigenvalue weighted by Gasteiger charge is 2.26. The minimum atomic E-state index is -3.41. The van der Waals surface area contributed by atoms with E-state index in [1.54, 1.807) is 16.6 Å². The highest BCUT2D eigenvalue weighted by molar-refractivity contribution is 7.89. The van der Waals surface area contributed by atoms with Crippen LogP contribution in [-0.2, 0) is 23.2 Å². The monoisotopic (exact) mass is 300 g/mol. The predicted octanol–water partition coefficient (Wildman–Crippen LogP) is 1.96. The van der Waals surface area contributed by atoms with Crippen LogP contribution in [0.15, 0.2) is 17.2 Å². The van der Waals surface area contributed by atoms with Gasteiger partial charge in [-0.15, -0.1) is 0 Å². The van der Waals surface area contributed by atoms with Gasteiger partial charge in [-0.05, 0) is 25.3 Å². The Balaban J connectivity index is 2.28. The SMILES string of the molecule is CCCn1cc(S(=O)(=O)N2CCCCCC2)cc1CO. The van der Waals surface area contributed by atoms with Gasteiger partial charge in [-0.3, -0.25) is 0 Å². The summed E-state index contributed by atoms with van der Waals surface area (Å²) in [5.74, 6) is 0. The standard InChI is InChI=1S/C14H24N2O3S/c1-2-7-15-11-14(10-13(15)12-17)20(18,19)16-8-5-3-4-6-9-16/h10-11,17H,2-9,12H2,1H3. The van der Waals surface area contributed by atoms with Crippen molar-refractivity contribution >= 4 is 10.0 Å². The molecule has 114 valence electrons. The quantitative estimate of drug-likeness (QED) is 0.904. The van der Waals surface area contributed by atoms with Gasteiger partial charge in [0, 0.05) is 31.5 Å². The normalized spacial score (nSPS) is 18.1. The van der Waals surface area contributed by atoms with Crippen molar-refractivity contribution < 1.29 is 13.5 Å². The molecule has 20 heavy (non-hydrogen) atoms. The zero-order valence-electron chi connectivity index (χ0n) is 12.1. The van der Waals surface area contributed by atoms with Crippen molar-refractivity contribution in [1.82, 2.24) is 8.87 Å². The van der Waals surface area contributed by atoms with Gasteiger partial charge in [0.05, 0.1) is 6.61 Å². The molecule has 6 heteroatoms. The lowest BCUT2D eigenvalue weighted by molar-refractivity contribution is 0.270. The van der Waals surface area contributed by atoms with E-state index >= 15 is 0 Å². The molecule has 0 saturated carbocycles. The van der Waals surface area contributed by atoms with Gasteiger partial charge >= 0.3 is 0 Å². The second-order valence-electron chi connectivity index (χ2n) is 5.34. The Morgan fingerprint density at radius 3 is 2.40 bits per heavy atom. The van der Waals surface area contributed by atoms with Crippen molar-refractivity contribution in [2.45, 2.75) is 57.1 Å². The number of aryl methyl sites for hydroxylation is 1. The van der Waals surface area contributed by atoms with Crippen LogP contribution in [0.25, 0.3) is 0 Å². The van der Waals surface area contributed by atoms with Crippen molar-refractivity contribution in [2.75, 3.05) is 13.1 Å². The fourth-order valence-corrected chi connectivity index (χ4v) is 4.26. The van der Waals surface area contributed by atoms with Gasteiger partial charge in [-0.1, -0.05) is 19.8 Å². The van der Waals surface area contributed by atoms with Crippen LogP contribution in [0.4, 0.5) is 0 Å². The molecule has 5 nitrogen and oxygen atoms in total. The molecule has 1 aromatic rings. The van der Waals surface area contributed by atoms with Gasteiger partial charge < -0.3 is 9.67 Å². The van der Waals surface area contributed by atoms with Crippen LogP contribution < -0.4 is 0 Å². The maximum atomic E-state index is 12.7. The number of hydrogen-bond acceptors (Lipinski definition) is 3. The van der Waals surface area contributed by atoms with Crippen LogP contribution in [0.1, 0.15) is 44.7 Å². The molecule has 2 rings (SSSR count). The molecule has 1 aliphatic rings. The maximum absolute atomic E-state index is 12.7. The molecule has 1 fully saturated rings. The predicted molar refractivity (Wildman–Crippen MR) is 77.9 cm³/mol. The number of aromatic nitrogens is 1. The molecule has 1 N–H and O–H groups in total. The first-order valence-electron chi connectivity index (χ1n) is 7.39. The summed E-state index contributed by atoms with van der Waals surface area (Å²) in [4.78, 5) is 0.317. The van der Waals surface area contributed by atoms with E-state index in [4.69, 9.17) is 0 Å². The molecule has 0 bridgehead atoms. The van der Waals surface area contributed by atoms with Crippen molar-refractivity contribution in [2.24, 2.45) is 0 Å². The Morgan fingerprint density at radius 1 is 1.20 bits per heavy atom. The van der Waals surface area contributed by atoms with E-state index in [9.17, 15) is 13.5 Å². The zero-order chi connectivity index (χ0) is 14.6. The summed E-state index contributed by atoms with van der Waals surface area (Å²) >= 11 is 0. The number of sulfonamides is 1. The molecular formula is C14H24N2O3S. The molecule has 1 aliphatic heterocycles. The topological polar surface area (TPSA) is 62.5 Å². The molecule has 0 unspecified atom stereocenters. The van der Waals surface area contributed by atoms with E-state index in [0.717, 1.165) is 38.6 Å². The number of nitrogens with zero attached hydrogens (tertiary/aromatic N) is 2. The molecule has 0 radical (unpaired) electrons. The molecular weight excluding hydrogens is 276 g/mol. The lowest BCUT2D eigenvalue weighted by Crippen LogP contribution is -2.31. The minimum absolute atomic E-state index is 0.129. The smallest absolute Gasteiger partial charge is 0.244 e. The van der Waals surface area contributed by atoms with Crippen LogP contribution >= 0.6 is 0 Å². The van der Waals surface area contributed by atoms with Crippen LogP contribution in [0.5, 0.6) is 0 Å². The first-order chi connectivity index (χ1) is 9.59. The molecule has 0 amide bonds. The lowest BCUT2D eigenvalue weighted by atomic mass is 10.2. The third-order valence-corrected chi connectivity index (χ3v) is 5.65. The summed E-state index contributed by atoms with van der Waals surface area (Å²) in [5, 5.41) is 9.35. The summed E-state index contributed by atoms with van der Waals surface area (Å²) in [7, 11) is -3.41. The van der Waals surface area contributed by atoms with Gasteiger partial charge in [-0.2, -0.15) is 4.31 Å². The Morgan fingerprint density at radius 2 is 1.85 bits per heavy atom. The van der Waals surface area contributed by atoms with Gasteiger partial charge in [0.1, 0.15) is 4.90 Å². The van der Waals surface area contributed by atoms with E-state index in [2.05, 4.69) is 0 Å². The second kappa shape index (κ2) is 6.74. The van der Waals surface area contributed by atoms with E-state index in [0.29, 0.717) is 23.7 Å². The van der Waals surface area contributed by atoms with Crippen LogP contribution in [-0.4, -0.2) is 35.5 Å². The summed E-state index contributed by atoms with van der Waals surface area (Å²) in [6, 6.07) is 1.61. The second-order valence-corrected chi connectivity index (χ2v) is 7.27. The van der Waals surface area contributed by atoms with Crippen LogP contribution in [0, 0.1) is 0 Å². The molecule has 0 atom stereocenters. The Bertz CT molecular complexity index is 529. The molecule has 0 spiro atoms. The number of hydrogen-bond donors (Lipinski definition) is 1. The number of rotatable bonds is 5.